The summed E-state index contributed by atoms with van der Waals surface area (Å²) in [6, 6.07) is 7.76. The van der Waals surface area contributed by atoms with Crippen molar-refractivity contribution >= 4 is 32.8 Å². The van der Waals surface area contributed by atoms with Crippen molar-refractivity contribution in [1.29, 1.82) is 5.26 Å². The van der Waals surface area contributed by atoms with Crippen LogP contribution in [0.2, 0.25) is 0 Å². The summed E-state index contributed by atoms with van der Waals surface area (Å²) in [5.41, 5.74) is 7.42. The van der Waals surface area contributed by atoms with Crippen LogP contribution >= 0.6 is 11.3 Å². The second kappa shape index (κ2) is 3.48. The summed E-state index contributed by atoms with van der Waals surface area (Å²) in [4.78, 5) is 4.16. The van der Waals surface area contributed by atoms with Gasteiger partial charge in [0.2, 0.25) is 0 Å². The van der Waals surface area contributed by atoms with E-state index in [9.17, 15) is 0 Å². The van der Waals surface area contributed by atoms with Crippen molar-refractivity contribution in [3.8, 4) is 6.07 Å². The van der Waals surface area contributed by atoms with Crippen molar-refractivity contribution in [3.63, 3.8) is 0 Å². The Labute approximate surface area is 85.1 Å². The number of thiazole rings is 1. The van der Waals surface area contributed by atoms with Crippen LogP contribution in [0.25, 0.3) is 16.3 Å². The van der Waals surface area contributed by atoms with Gasteiger partial charge in [0, 0.05) is 6.08 Å². The minimum absolute atomic E-state index is 0.571. The summed E-state index contributed by atoms with van der Waals surface area (Å²) >= 11 is 1.46. The first-order valence-electron chi connectivity index (χ1n) is 4.02. The van der Waals surface area contributed by atoms with Crippen molar-refractivity contribution in [1.82, 2.24) is 4.98 Å². The monoisotopic (exact) mass is 201 g/mol. The fraction of sp³-hybridized carbons (Fsp3) is 0. The van der Waals surface area contributed by atoms with Crippen LogP contribution in [0.1, 0.15) is 5.56 Å². The Hall–Kier alpha value is -1.86. The number of rotatable bonds is 1. The molecule has 2 rings (SSSR count). The number of aromatic nitrogens is 1. The van der Waals surface area contributed by atoms with E-state index >= 15 is 0 Å². The van der Waals surface area contributed by atoms with E-state index in [4.69, 9.17) is 11.0 Å². The number of hydrogen-bond acceptors (Lipinski definition) is 4. The number of nitrogens with two attached hydrogens (primary N) is 1. The van der Waals surface area contributed by atoms with Gasteiger partial charge in [-0.3, -0.25) is 0 Å². The molecule has 1 heterocycles. The van der Waals surface area contributed by atoms with E-state index in [0.29, 0.717) is 5.13 Å². The minimum atomic E-state index is 0.571. The van der Waals surface area contributed by atoms with Gasteiger partial charge >= 0.3 is 0 Å². The Morgan fingerprint density at radius 2 is 2.36 bits per heavy atom. The highest BCUT2D eigenvalue weighted by atomic mass is 32.1. The molecule has 0 spiro atoms. The predicted octanol–water partition coefficient (Wildman–Crippen LogP) is 2.42. The van der Waals surface area contributed by atoms with E-state index in [-0.39, 0.29) is 0 Å². The molecule has 0 atom stereocenters. The second-order valence-electron chi connectivity index (χ2n) is 2.74. The zero-order valence-electron chi connectivity index (χ0n) is 7.27. The summed E-state index contributed by atoms with van der Waals surface area (Å²) in [6.07, 6.45) is 3.19. The number of allylic oxidation sites excluding steroid dienone is 1. The lowest BCUT2D eigenvalue weighted by atomic mass is 10.2. The maximum absolute atomic E-state index is 8.37. The largest absolute Gasteiger partial charge is 0.375 e. The Kier molecular flexibility index (Phi) is 2.17. The molecule has 1 aromatic carbocycles. The maximum atomic E-state index is 8.37. The topological polar surface area (TPSA) is 62.7 Å². The maximum Gasteiger partial charge on any atom is 0.181 e. The fourth-order valence-electron chi connectivity index (χ4n) is 1.20. The predicted molar refractivity (Wildman–Crippen MR) is 58.7 cm³/mol. The molecule has 4 heteroatoms. The molecular formula is C10H7N3S. The smallest absolute Gasteiger partial charge is 0.181 e. The summed E-state index contributed by atoms with van der Waals surface area (Å²) in [7, 11) is 0. The lowest BCUT2D eigenvalue weighted by Crippen LogP contribution is -1.79. The Bertz CT molecular complexity index is 534. The molecule has 0 amide bonds. The van der Waals surface area contributed by atoms with Gasteiger partial charge in [0.25, 0.3) is 0 Å². The molecule has 1 aromatic heterocycles. The number of benzene rings is 1. The van der Waals surface area contributed by atoms with Gasteiger partial charge in [-0.05, 0) is 23.8 Å². The van der Waals surface area contributed by atoms with Gasteiger partial charge in [-0.25, -0.2) is 4.98 Å². The molecule has 0 aliphatic heterocycles. The molecule has 14 heavy (non-hydrogen) atoms. The Balaban J connectivity index is 2.51. The molecule has 68 valence electrons. The van der Waals surface area contributed by atoms with E-state index in [0.717, 1.165) is 15.8 Å². The average molecular weight is 201 g/mol. The highest BCUT2D eigenvalue weighted by molar-refractivity contribution is 7.22. The molecule has 2 N–H and O–H groups in total. The number of hydrogen-bond donors (Lipinski definition) is 1. The summed E-state index contributed by atoms with van der Waals surface area (Å²) in [5.74, 6) is 0. The van der Waals surface area contributed by atoms with Gasteiger partial charge in [0.1, 0.15) is 0 Å². The molecule has 0 unspecified atom stereocenters. The third kappa shape index (κ3) is 1.58. The third-order valence-electron chi connectivity index (χ3n) is 1.78. The lowest BCUT2D eigenvalue weighted by molar-refractivity contribution is 1.49. The van der Waals surface area contributed by atoms with E-state index in [1.165, 1.54) is 17.4 Å². The van der Waals surface area contributed by atoms with Crippen LogP contribution in [-0.4, -0.2) is 4.98 Å². The number of nitrogens with zero attached hydrogens (tertiary/aromatic N) is 2. The minimum Gasteiger partial charge on any atom is -0.375 e. The summed E-state index contributed by atoms with van der Waals surface area (Å²) < 4.78 is 1.07. The van der Waals surface area contributed by atoms with E-state index in [1.807, 2.05) is 24.3 Å². The molecule has 2 aromatic rings. The van der Waals surface area contributed by atoms with Crippen LogP contribution < -0.4 is 5.73 Å². The van der Waals surface area contributed by atoms with Crippen LogP contribution in [0.15, 0.2) is 24.3 Å². The number of nitriles is 1. The summed E-state index contributed by atoms with van der Waals surface area (Å²) in [6.45, 7) is 0. The first kappa shape index (κ1) is 8.73. The van der Waals surface area contributed by atoms with Crippen LogP contribution in [-0.2, 0) is 0 Å². The second-order valence-corrected chi connectivity index (χ2v) is 3.80. The number of fused-ring (bicyclic) bond motifs is 1. The van der Waals surface area contributed by atoms with Crippen molar-refractivity contribution < 1.29 is 0 Å². The van der Waals surface area contributed by atoms with Crippen molar-refractivity contribution in [2.24, 2.45) is 0 Å². The zero-order valence-corrected chi connectivity index (χ0v) is 8.08. The molecule has 3 nitrogen and oxygen atoms in total. The molecule has 0 aliphatic carbocycles. The Morgan fingerprint density at radius 3 is 3.14 bits per heavy atom. The first-order valence-corrected chi connectivity index (χ1v) is 4.83. The first-order chi connectivity index (χ1) is 6.79. The molecule has 0 radical (unpaired) electrons. The SMILES string of the molecule is N#CC=Cc1ccc2sc(N)nc2c1. The van der Waals surface area contributed by atoms with Crippen molar-refractivity contribution in [3.05, 3.63) is 29.8 Å². The number of anilines is 1. The molecular weight excluding hydrogens is 194 g/mol. The van der Waals surface area contributed by atoms with Gasteiger partial charge in [-0.2, -0.15) is 5.26 Å². The van der Waals surface area contributed by atoms with Gasteiger partial charge in [-0.15, -0.1) is 0 Å². The number of nitrogen functional groups attached to an aromatic ring is 1. The molecule has 0 fully saturated rings. The van der Waals surface area contributed by atoms with Gasteiger partial charge < -0.3 is 5.73 Å². The van der Waals surface area contributed by atoms with Crippen molar-refractivity contribution in [2.75, 3.05) is 5.73 Å². The highest BCUT2D eigenvalue weighted by Gasteiger charge is 1.99. The molecule has 0 saturated heterocycles. The molecule has 0 bridgehead atoms. The molecule has 0 saturated carbocycles. The van der Waals surface area contributed by atoms with E-state index in [1.54, 1.807) is 6.08 Å². The third-order valence-corrected chi connectivity index (χ3v) is 2.64. The van der Waals surface area contributed by atoms with Crippen LogP contribution in [0.4, 0.5) is 5.13 Å². The Morgan fingerprint density at radius 1 is 1.50 bits per heavy atom. The highest BCUT2D eigenvalue weighted by Crippen LogP contribution is 2.24. The lowest BCUT2D eigenvalue weighted by Gasteiger charge is -1.90. The fourth-order valence-corrected chi connectivity index (χ4v) is 1.91. The van der Waals surface area contributed by atoms with Gasteiger partial charge in [0.15, 0.2) is 5.13 Å². The normalized spacial score (nSPS) is 10.8. The van der Waals surface area contributed by atoms with Crippen LogP contribution in [0, 0.1) is 11.3 Å². The summed E-state index contributed by atoms with van der Waals surface area (Å²) in [5, 5.41) is 8.95. The van der Waals surface area contributed by atoms with Crippen LogP contribution in [0.5, 0.6) is 0 Å². The van der Waals surface area contributed by atoms with Crippen molar-refractivity contribution in [2.45, 2.75) is 0 Å². The quantitative estimate of drug-likeness (QED) is 0.720. The standard InChI is InChI=1S/C10H7N3S/c11-5-1-2-7-3-4-9-8(6-7)13-10(12)14-9/h1-4,6H,(H2,12,13). The average Bonchev–Trinajstić information content (AvgIpc) is 2.54. The molecule has 0 aliphatic rings. The van der Waals surface area contributed by atoms with Gasteiger partial charge in [0.05, 0.1) is 16.3 Å². The zero-order chi connectivity index (χ0) is 9.97. The van der Waals surface area contributed by atoms with E-state index < -0.39 is 0 Å². The van der Waals surface area contributed by atoms with Gasteiger partial charge in [-0.1, -0.05) is 17.4 Å². The van der Waals surface area contributed by atoms with Crippen LogP contribution in [0.3, 0.4) is 0 Å². The van der Waals surface area contributed by atoms with E-state index in [2.05, 4.69) is 4.98 Å².